The molecule has 0 fully saturated rings. The molecule has 0 N–H and O–H groups in total. The SMILES string of the molecule is Cc1nc2ccc(Cl)cc2c(-c2ccccc2)c1C1=NN(C(=O)c2ccc(F)cc2)[C@@H](c2cccs2)C1. The molecule has 1 amide bonds. The highest BCUT2D eigenvalue weighted by Crippen LogP contribution is 2.41. The second kappa shape index (κ2) is 9.54. The maximum absolute atomic E-state index is 13.6. The predicted octanol–water partition coefficient (Wildman–Crippen LogP) is 8.06. The summed E-state index contributed by atoms with van der Waals surface area (Å²) in [5.74, 6) is -0.662. The number of aromatic nitrogens is 1. The minimum atomic E-state index is -0.388. The van der Waals surface area contributed by atoms with Crippen LogP contribution in [0.4, 0.5) is 4.39 Å². The van der Waals surface area contributed by atoms with Crippen LogP contribution < -0.4 is 0 Å². The molecule has 7 heteroatoms. The van der Waals surface area contributed by atoms with E-state index in [1.54, 1.807) is 11.3 Å². The standard InChI is InChI=1S/C30H21ClFN3OS/c1-18-28(29(19-6-3-2-4-7-19)23-16-21(31)11-14-24(23)33-18)25-17-26(27-8-5-15-37-27)35(34-25)30(36)20-9-12-22(32)13-10-20/h2-16,26H,17H2,1H3/t26-/m1/s1. The van der Waals surface area contributed by atoms with Crippen molar-refractivity contribution >= 4 is 45.5 Å². The van der Waals surface area contributed by atoms with Gasteiger partial charge in [0.05, 0.1) is 17.3 Å². The normalized spacial score (nSPS) is 15.3. The summed E-state index contributed by atoms with van der Waals surface area (Å²) in [4.78, 5) is 19.5. The van der Waals surface area contributed by atoms with Gasteiger partial charge in [0.1, 0.15) is 5.82 Å². The van der Waals surface area contributed by atoms with Gasteiger partial charge in [0.2, 0.25) is 0 Å². The van der Waals surface area contributed by atoms with Gasteiger partial charge in [-0.1, -0.05) is 48.0 Å². The minimum absolute atomic E-state index is 0.273. The second-order valence-electron chi connectivity index (χ2n) is 8.91. The number of fused-ring (bicyclic) bond motifs is 1. The highest BCUT2D eigenvalue weighted by Gasteiger charge is 2.36. The summed E-state index contributed by atoms with van der Waals surface area (Å²) in [7, 11) is 0. The average Bonchev–Trinajstić information content (AvgIpc) is 3.59. The van der Waals surface area contributed by atoms with Gasteiger partial charge in [-0.3, -0.25) is 9.78 Å². The van der Waals surface area contributed by atoms with Crippen LogP contribution in [0, 0.1) is 12.7 Å². The molecule has 0 radical (unpaired) electrons. The van der Waals surface area contributed by atoms with Crippen molar-refractivity contribution in [2.45, 2.75) is 19.4 Å². The maximum atomic E-state index is 13.6. The van der Waals surface area contributed by atoms with Gasteiger partial charge < -0.3 is 0 Å². The van der Waals surface area contributed by atoms with E-state index < -0.39 is 0 Å². The Balaban J connectivity index is 1.56. The average molecular weight is 526 g/mol. The van der Waals surface area contributed by atoms with Gasteiger partial charge in [-0.2, -0.15) is 5.10 Å². The number of hydrogen-bond acceptors (Lipinski definition) is 4. The fourth-order valence-corrected chi connectivity index (χ4v) is 5.88. The number of halogens is 2. The number of carbonyl (C=O) groups excluding carboxylic acids is 1. The molecular formula is C30H21ClFN3OS. The van der Waals surface area contributed by atoms with Crippen LogP contribution in [0.2, 0.25) is 5.02 Å². The molecule has 0 unspecified atom stereocenters. The van der Waals surface area contributed by atoms with Crippen molar-refractivity contribution in [2.75, 3.05) is 0 Å². The fraction of sp³-hybridized carbons (Fsp3) is 0.100. The number of carbonyl (C=O) groups is 1. The van der Waals surface area contributed by atoms with E-state index >= 15 is 0 Å². The van der Waals surface area contributed by atoms with Crippen LogP contribution in [0.3, 0.4) is 0 Å². The number of pyridine rings is 1. The van der Waals surface area contributed by atoms with Crippen LogP contribution in [0.15, 0.2) is 95.4 Å². The van der Waals surface area contributed by atoms with Crippen molar-refractivity contribution in [1.29, 1.82) is 0 Å². The third-order valence-electron chi connectivity index (χ3n) is 6.56. The Labute approximate surface area is 222 Å². The summed E-state index contributed by atoms with van der Waals surface area (Å²) in [6.07, 6.45) is 0.530. The van der Waals surface area contributed by atoms with Gasteiger partial charge in [-0.05, 0) is 66.4 Å². The minimum Gasteiger partial charge on any atom is -0.267 e. The van der Waals surface area contributed by atoms with E-state index in [1.807, 2.05) is 60.8 Å². The van der Waals surface area contributed by atoms with Crippen molar-refractivity contribution in [3.05, 3.63) is 123 Å². The van der Waals surface area contributed by atoms with E-state index in [9.17, 15) is 9.18 Å². The first-order valence-electron chi connectivity index (χ1n) is 11.9. The molecule has 5 aromatic rings. The van der Waals surface area contributed by atoms with E-state index in [-0.39, 0.29) is 17.8 Å². The van der Waals surface area contributed by atoms with E-state index in [2.05, 4.69) is 12.1 Å². The number of amides is 1. The smallest absolute Gasteiger partial charge is 0.267 e. The molecule has 37 heavy (non-hydrogen) atoms. The van der Waals surface area contributed by atoms with Gasteiger partial charge in [0.15, 0.2) is 0 Å². The summed E-state index contributed by atoms with van der Waals surface area (Å²) in [5, 5.41) is 9.99. The second-order valence-corrected chi connectivity index (χ2v) is 10.3. The van der Waals surface area contributed by atoms with Gasteiger partial charge in [0.25, 0.3) is 5.91 Å². The molecule has 6 rings (SSSR count). The molecule has 0 saturated carbocycles. The number of aryl methyl sites for hydroxylation is 1. The molecular weight excluding hydrogens is 505 g/mol. The summed E-state index contributed by atoms with van der Waals surface area (Å²) < 4.78 is 13.5. The topological polar surface area (TPSA) is 45.6 Å². The Morgan fingerprint density at radius 3 is 2.51 bits per heavy atom. The van der Waals surface area contributed by atoms with Gasteiger partial charge in [-0.15, -0.1) is 11.3 Å². The van der Waals surface area contributed by atoms with Gasteiger partial charge >= 0.3 is 0 Å². The molecule has 0 aliphatic carbocycles. The lowest BCUT2D eigenvalue weighted by atomic mass is 9.90. The lowest BCUT2D eigenvalue weighted by Gasteiger charge is -2.20. The molecule has 3 heterocycles. The van der Waals surface area contributed by atoms with Crippen molar-refractivity contribution in [3.63, 3.8) is 0 Å². The molecule has 0 bridgehead atoms. The number of hydrazone groups is 1. The van der Waals surface area contributed by atoms with E-state index in [1.165, 1.54) is 29.3 Å². The summed E-state index contributed by atoms with van der Waals surface area (Å²) in [6, 6.07) is 25.1. The van der Waals surface area contributed by atoms with Crippen LogP contribution >= 0.6 is 22.9 Å². The van der Waals surface area contributed by atoms with Crippen LogP contribution in [0.25, 0.3) is 22.0 Å². The molecule has 2 aromatic heterocycles. The first-order valence-corrected chi connectivity index (χ1v) is 13.1. The lowest BCUT2D eigenvalue weighted by molar-refractivity contribution is 0.0713. The largest absolute Gasteiger partial charge is 0.274 e. The molecule has 0 spiro atoms. The third-order valence-corrected chi connectivity index (χ3v) is 7.77. The first kappa shape index (κ1) is 23.5. The molecule has 1 aliphatic heterocycles. The Morgan fingerprint density at radius 2 is 1.78 bits per heavy atom. The Hall–Kier alpha value is -3.87. The number of nitrogens with zero attached hydrogens (tertiary/aromatic N) is 3. The van der Waals surface area contributed by atoms with Crippen LogP contribution in [-0.2, 0) is 0 Å². The van der Waals surface area contributed by atoms with Gasteiger partial charge in [0, 0.05) is 44.1 Å². The summed E-state index contributed by atoms with van der Waals surface area (Å²) >= 11 is 8.01. The van der Waals surface area contributed by atoms with Crippen LogP contribution in [-0.4, -0.2) is 21.6 Å². The quantitative estimate of drug-likeness (QED) is 0.238. The van der Waals surface area contributed by atoms with E-state index in [4.69, 9.17) is 21.7 Å². The van der Waals surface area contributed by atoms with E-state index in [0.29, 0.717) is 17.0 Å². The molecule has 3 aromatic carbocycles. The van der Waals surface area contributed by atoms with Crippen molar-refractivity contribution in [1.82, 2.24) is 9.99 Å². The zero-order chi connectivity index (χ0) is 25.5. The maximum Gasteiger partial charge on any atom is 0.274 e. The zero-order valence-corrected chi connectivity index (χ0v) is 21.4. The lowest BCUT2D eigenvalue weighted by Crippen LogP contribution is -2.26. The number of rotatable bonds is 4. The number of benzene rings is 3. The Kier molecular flexibility index (Phi) is 6.07. The predicted molar refractivity (Wildman–Crippen MR) is 148 cm³/mol. The Morgan fingerprint density at radius 1 is 1.00 bits per heavy atom. The monoisotopic (exact) mass is 525 g/mol. The van der Waals surface area contributed by atoms with Crippen molar-refractivity contribution < 1.29 is 9.18 Å². The molecule has 182 valence electrons. The highest BCUT2D eigenvalue weighted by atomic mass is 35.5. The van der Waals surface area contributed by atoms with Gasteiger partial charge in [-0.25, -0.2) is 9.40 Å². The molecule has 1 atom stereocenters. The van der Waals surface area contributed by atoms with Crippen LogP contribution in [0.5, 0.6) is 0 Å². The molecule has 1 aliphatic rings. The highest BCUT2D eigenvalue weighted by molar-refractivity contribution is 7.10. The third kappa shape index (κ3) is 4.32. The molecule has 4 nitrogen and oxygen atoms in total. The van der Waals surface area contributed by atoms with Crippen molar-refractivity contribution in [3.8, 4) is 11.1 Å². The first-order chi connectivity index (χ1) is 18.0. The Bertz CT molecular complexity index is 1650. The molecule has 0 saturated heterocycles. The van der Waals surface area contributed by atoms with E-state index in [0.717, 1.165) is 43.9 Å². The van der Waals surface area contributed by atoms with Crippen LogP contribution in [0.1, 0.15) is 39.0 Å². The zero-order valence-electron chi connectivity index (χ0n) is 19.9. The number of thiophene rings is 1. The summed E-state index contributed by atoms with van der Waals surface area (Å²) in [6.45, 7) is 1.98. The summed E-state index contributed by atoms with van der Waals surface area (Å²) in [5.41, 5.74) is 5.75. The number of hydrogen-bond donors (Lipinski definition) is 0. The van der Waals surface area contributed by atoms with Crippen molar-refractivity contribution in [2.24, 2.45) is 5.10 Å². The fourth-order valence-electron chi connectivity index (χ4n) is 4.89.